The highest BCUT2D eigenvalue weighted by Gasteiger charge is 2.62. The smallest absolute Gasteiger partial charge is 0.307 e. The maximum atomic E-state index is 11.1. The van der Waals surface area contributed by atoms with Crippen molar-refractivity contribution in [2.24, 2.45) is 11.3 Å². The van der Waals surface area contributed by atoms with Crippen LogP contribution in [0.1, 0.15) is 25.3 Å². The first kappa shape index (κ1) is 12.2. The van der Waals surface area contributed by atoms with Gasteiger partial charge in [0.15, 0.2) is 0 Å². The normalized spacial score (nSPS) is 25.4. The van der Waals surface area contributed by atoms with Crippen LogP contribution in [0.4, 0.5) is 0 Å². The molecule has 1 aliphatic rings. The molecule has 1 N–H and O–H groups in total. The van der Waals surface area contributed by atoms with E-state index in [0.29, 0.717) is 10.8 Å². The molecule has 0 saturated heterocycles. The molecule has 0 spiro atoms. The molecule has 0 heterocycles. The van der Waals surface area contributed by atoms with E-state index in [-0.39, 0.29) is 17.3 Å². The van der Waals surface area contributed by atoms with Crippen LogP contribution in [0.3, 0.4) is 0 Å². The van der Waals surface area contributed by atoms with Gasteiger partial charge in [0.1, 0.15) is 5.75 Å². The summed E-state index contributed by atoms with van der Waals surface area (Å²) in [5.41, 5.74) is 0.761. The van der Waals surface area contributed by atoms with Crippen molar-refractivity contribution in [2.75, 3.05) is 7.11 Å². The van der Waals surface area contributed by atoms with Gasteiger partial charge in [-0.15, -0.1) is 0 Å². The van der Waals surface area contributed by atoms with Crippen molar-refractivity contribution in [2.45, 2.75) is 19.8 Å². The third-order valence-electron chi connectivity index (χ3n) is 3.63. The van der Waals surface area contributed by atoms with Gasteiger partial charge in [0.2, 0.25) is 0 Å². The van der Waals surface area contributed by atoms with Gasteiger partial charge in [0.25, 0.3) is 0 Å². The summed E-state index contributed by atoms with van der Waals surface area (Å²) in [4.78, 5) is 11.1. The Bertz CT molecular complexity index is 468. The Labute approximate surface area is 105 Å². The number of carboxylic acid groups (broad SMARTS) is 1. The van der Waals surface area contributed by atoms with Crippen LogP contribution in [0, 0.1) is 11.3 Å². The van der Waals surface area contributed by atoms with E-state index in [0.717, 1.165) is 5.56 Å². The number of methoxy groups -OCH3 is 1. The number of carboxylic acids is 1. The molecule has 1 aromatic carbocycles. The third kappa shape index (κ3) is 1.89. The molecule has 0 aliphatic heterocycles. The largest absolute Gasteiger partial charge is 0.495 e. The van der Waals surface area contributed by atoms with Crippen LogP contribution < -0.4 is 4.74 Å². The Morgan fingerprint density at radius 3 is 2.53 bits per heavy atom. The number of benzene rings is 1. The maximum Gasteiger partial charge on any atom is 0.307 e. The lowest BCUT2D eigenvalue weighted by Crippen LogP contribution is -2.03. The molecular formula is C13H15ClO3. The van der Waals surface area contributed by atoms with Gasteiger partial charge in [-0.25, -0.2) is 0 Å². The van der Waals surface area contributed by atoms with E-state index >= 15 is 0 Å². The van der Waals surface area contributed by atoms with E-state index in [2.05, 4.69) is 0 Å². The molecule has 2 unspecified atom stereocenters. The first-order chi connectivity index (χ1) is 7.89. The zero-order chi connectivity index (χ0) is 12.8. The standard InChI is InChI=1S/C13H15ClO3/c1-13(2)10(11(13)12(15)16)7-4-5-9(17-3)8(14)6-7/h4-6,10-11H,1-3H3,(H,15,16). The van der Waals surface area contributed by atoms with Crippen LogP contribution in [0.25, 0.3) is 0 Å². The first-order valence-corrected chi connectivity index (χ1v) is 5.83. The Balaban J connectivity index is 2.31. The molecule has 1 saturated carbocycles. The van der Waals surface area contributed by atoms with Gasteiger partial charge in [-0.3, -0.25) is 4.79 Å². The summed E-state index contributed by atoms with van der Waals surface area (Å²) in [6.45, 7) is 3.93. The summed E-state index contributed by atoms with van der Waals surface area (Å²) in [6.07, 6.45) is 0. The Morgan fingerprint density at radius 2 is 2.12 bits per heavy atom. The van der Waals surface area contributed by atoms with E-state index in [4.69, 9.17) is 21.4 Å². The number of hydrogen-bond donors (Lipinski definition) is 1. The van der Waals surface area contributed by atoms with E-state index in [1.54, 1.807) is 19.2 Å². The van der Waals surface area contributed by atoms with E-state index < -0.39 is 5.97 Å². The molecule has 1 aromatic rings. The van der Waals surface area contributed by atoms with Crippen LogP contribution >= 0.6 is 11.6 Å². The van der Waals surface area contributed by atoms with Crippen LogP contribution in [0.15, 0.2) is 18.2 Å². The summed E-state index contributed by atoms with van der Waals surface area (Å²) < 4.78 is 5.08. The van der Waals surface area contributed by atoms with Gasteiger partial charge < -0.3 is 9.84 Å². The molecule has 0 bridgehead atoms. The fourth-order valence-electron chi connectivity index (χ4n) is 2.60. The lowest BCUT2D eigenvalue weighted by atomic mass is 10.0. The van der Waals surface area contributed by atoms with Crippen LogP contribution in [0.2, 0.25) is 5.02 Å². The Kier molecular flexibility index (Phi) is 2.82. The lowest BCUT2D eigenvalue weighted by Gasteiger charge is -2.06. The fraction of sp³-hybridized carbons (Fsp3) is 0.462. The van der Waals surface area contributed by atoms with Crippen LogP contribution in [-0.2, 0) is 4.79 Å². The summed E-state index contributed by atoms with van der Waals surface area (Å²) in [5, 5.41) is 9.66. The highest BCUT2D eigenvalue weighted by atomic mass is 35.5. The minimum Gasteiger partial charge on any atom is -0.495 e. The number of halogens is 1. The first-order valence-electron chi connectivity index (χ1n) is 5.46. The molecule has 92 valence electrons. The molecule has 0 radical (unpaired) electrons. The van der Waals surface area contributed by atoms with Crippen LogP contribution in [-0.4, -0.2) is 18.2 Å². The molecule has 0 aromatic heterocycles. The van der Waals surface area contributed by atoms with Gasteiger partial charge in [-0.2, -0.15) is 0 Å². The predicted molar refractivity (Wildman–Crippen MR) is 65.7 cm³/mol. The van der Waals surface area contributed by atoms with Gasteiger partial charge in [-0.1, -0.05) is 31.5 Å². The average Bonchev–Trinajstić information content (AvgIpc) is 2.81. The number of aliphatic carboxylic acids is 1. The van der Waals surface area contributed by atoms with Crippen molar-refractivity contribution >= 4 is 17.6 Å². The molecule has 1 fully saturated rings. The molecule has 2 atom stereocenters. The van der Waals surface area contributed by atoms with E-state index in [1.807, 2.05) is 19.9 Å². The highest BCUT2D eigenvalue weighted by molar-refractivity contribution is 6.32. The van der Waals surface area contributed by atoms with Crippen LogP contribution in [0.5, 0.6) is 5.75 Å². The van der Waals surface area contributed by atoms with Crippen molar-refractivity contribution in [3.05, 3.63) is 28.8 Å². The van der Waals surface area contributed by atoms with Crippen molar-refractivity contribution in [1.29, 1.82) is 0 Å². The van der Waals surface area contributed by atoms with Gasteiger partial charge >= 0.3 is 5.97 Å². The average molecular weight is 255 g/mol. The number of ether oxygens (including phenoxy) is 1. The van der Waals surface area contributed by atoms with Crippen molar-refractivity contribution in [3.8, 4) is 5.75 Å². The highest BCUT2D eigenvalue weighted by Crippen LogP contribution is 2.64. The van der Waals surface area contributed by atoms with Gasteiger partial charge in [0, 0.05) is 5.92 Å². The number of hydrogen-bond acceptors (Lipinski definition) is 2. The third-order valence-corrected chi connectivity index (χ3v) is 3.92. The SMILES string of the molecule is COc1ccc(C2C(C(=O)O)C2(C)C)cc1Cl. The molecule has 2 rings (SSSR count). The number of rotatable bonds is 3. The van der Waals surface area contributed by atoms with Gasteiger partial charge in [0.05, 0.1) is 18.1 Å². The molecule has 3 nitrogen and oxygen atoms in total. The van der Waals surface area contributed by atoms with E-state index in [1.165, 1.54) is 0 Å². The predicted octanol–water partition coefficient (Wildman–Crippen LogP) is 3.17. The molecular weight excluding hydrogens is 240 g/mol. The summed E-state index contributed by atoms with van der Waals surface area (Å²) in [6, 6.07) is 5.47. The summed E-state index contributed by atoms with van der Waals surface area (Å²) in [5.74, 6) is -0.428. The maximum absolute atomic E-state index is 11.1. The monoisotopic (exact) mass is 254 g/mol. The second kappa shape index (κ2) is 3.91. The second-order valence-electron chi connectivity index (χ2n) is 5.01. The Hall–Kier alpha value is -1.22. The second-order valence-corrected chi connectivity index (χ2v) is 5.42. The van der Waals surface area contributed by atoms with Crippen molar-refractivity contribution in [3.63, 3.8) is 0 Å². The van der Waals surface area contributed by atoms with E-state index in [9.17, 15) is 4.79 Å². The van der Waals surface area contributed by atoms with Crippen molar-refractivity contribution < 1.29 is 14.6 Å². The van der Waals surface area contributed by atoms with Crippen molar-refractivity contribution in [1.82, 2.24) is 0 Å². The minimum absolute atomic E-state index is 0.0309. The molecule has 17 heavy (non-hydrogen) atoms. The topological polar surface area (TPSA) is 46.5 Å². The molecule has 1 aliphatic carbocycles. The van der Waals surface area contributed by atoms with Gasteiger partial charge in [-0.05, 0) is 23.1 Å². The summed E-state index contributed by atoms with van der Waals surface area (Å²) in [7, 11) is 1.56. The quantitative estimate of drug-likeness (QED) is 0.901. The molecule has 4 heteroatoms. The molecule has 0 amide bonds. The minimum atomic E-state index is -0.744. The lowest BCUT2D eigenvalue weighted by molar-refractivity contribution is -0.139. The number of carbonyl (C=O) groups is 1. The summed E-state index contributed by atoms with van der Waals surface area (Å²) >= 11 is 6.05. The zero-order valence-corrected chi connectivity index (χ0v) is 10.8. The zero-order valence-electron chi connectivity index (χ0n) is 10.0. The fourth-order valence-corrected chi connectivity index (χ4v) is 2.86. The Morgan fingerprint density at radius 1 is 1.47 bits per heavy atom.